The molecule has 2 aromatic rings. The van der Waals surface area contributed by atoms with Gasteiger partial charge in [-0.05, 0) is 30.3 Å². The molecular weight excluding hydrogens is 311 g/mol. The lowest BCUT2D eigenvalue weighted by Crippen LogP contribution is -2.21. The Hall–Kier alpha value is -1.91. The van der Waals surface area contributed by atoms with Crippen molar-refractivity contribution in [2.45, 2.75) is 0 Å². The van der Waals surface area contributed by atoms with Crippen LogP contribution in [-0.2, 0) is 4.79 Å². The van der Waals surface area contributed by atoms with Crippen LogP contribution < -0.4 is 15.4 Å². The Labute approximate surface area is 133 Å². The zero-order chi connectivity index (χ0) is 15.2. The first-order valence-electron chi connectivity index (χ1n) is 6.22. The number of nitrogens with one attached hydrogen (secondary N) is 2. The molecule has 0 aromatic heterocycles. The number of rotatable bonds is 5. The van der Waals surface area contributed by atoms with E-state index in [0.29, 0.717) is 27.2 Å². The molecule has 0 heterocycles. The van der Waals surface area contributed by atoms with Crippen LogP contribution in [0.1, 0.15) is 0 Å². The average Bonchev–Trinajstić information content (AvgIpc) is 2.46. The van der Waals surface area contributed by atoms with Gasteiger partial charge in [-0.3, -0.25) is 4.79 Å². The van der Waals surface area contributed by atoms with Crippen molar-refractivity contribution in [2.75, 3.05) is 24.3 Å². The molecule has 0 bridgehead atoms. The molecule has 0 unspecified atom stereocenters. The van der Waals surface area contributed by atoms with E-state index in [0.717, 1.165) is 0 Å². The minimum Gasteiger partial charge on any atom is -0.495 e. The van der Waals surface area contributed by atoms with Gasteiger partial charge < -0.3 is 15.4 Å². The van der Waals surface area contributed by atoms with Gasteiger partial charge in [0, 0.05) is 5.69 Å². The van der Waals surface area contributed by atoms with Gasteiger partial charge in [0.25, 0.3) is 0 Å². The highest BCUT2D eigenvalue weighted by atomic mass is 35.5. The molecule has 6 heteroatoms. The fourth-order valence-corrected chi connectivity index (χ4v) is 2.19. The summed E-state index contributed by atoms with van der Waals surface area (Å²) in [7, 11) is 1.53. The van der Waals surface area contributed by atoms with Gasteiger partial charge in [-0.2, -0.15) is 0 Å². The number of methoxy groups -OCH3 is 1. The Morgan fingerprint density at radius 3 is 2.57 bits per heavy atom. The maximum Gasteiger partial charge on any atom is 0.243 e. The monoisotopic (exact) mass is 324 g/mol. The van der Waals surface area contributed by atoms with Gasteiger partial charge >= 0.3 is 0 Å². The van der Waals surface area contributed by atoms with Crippen molar-refractivity contribution in [2.24, 2.45) is 0 Å². The van der Waals surface area contributed by atoms with Gasteiger partial charge in [0.15, 0.2) is 0 Å². The number of carbonyl (C=O) groups excluding carboxylic acids is 1. The fourth-order valence-electron chi connectivity index (χ4n) is 1.73. The summed E-state index contributed by atoms with van der Waals surface area (Å²) in [6, 6.07) is 12.3. The minimum atomic E-state index is -0.198. The number of anilines is 2. The summed E-state index contributed by atoms with van der Waals surface area (Å²) in [5, 5.41) is 6.71. The molecule has 0 fully saturated rings. The van der Waals surface area contributed by atoms with E-state index in [-0.39, 0.29) is 12.5 Å². The largest absolute Gasteiger partial charge is 0.495 e. The van der Waals surface area contributed by atoms with Gasteiger partial charge in [0.2, 0.25) is 5.91 Å². The second-order valence-electron chi connectivity index (χ2n) is 4.23. The highest BCUT2D eigenvalue weighted by molar-refractivity contribution is 6.33. The number of ether oxygens (including phenoxy) is 1. The fraction of sp³-hybridized carbons (Fsp3) is 0.133. The number of halogens is 2. The highest BCUT2D eigenvalue weighted by Crippen LogP contribution is 2.27. The number of hydrogen-bond donors (Lipinski definition) is 2. The number of benzene rings is 2. The lowest BCUT2D eigenvalue weighted by Gasteiger charge is -2.10. The lowest BCUT2D eigenvalue weighted by molar-refractivity contribution is -0.114. The number of hydrogen-bond acceptors (Lipinski definition) is 3. The third-order valence-corrected chi connectivity index (χ3v) is 3.37. The molecule has 0 radical (unpaired) electrons. The molecule has 110 valence electrons. The summed E-state index contributed by atoms with van der Waals surface area (Å²) in [5.41, 5.74) is 1.31. The molecule has 0 saturated heterocycles. The van der Waals surface area contributed by atoms with Crippen molar-refractivity contribution < 1.29 is 9.53 Å². The van der Waals surface area contributed by atoms with Crippen molar-refractivity contribution in [3.63, 3.8) is 0 Å². The molecular formula is C15H14Cl2N2O2. The van der Waals surface area contributed by atoms with E-state index >= 15 is 0 Å². The Bertz CT molecular complexity index is 647. The quantitative estimate of drug-likeness (QED) is 0.872. The predicted molar refractivity (Wildman–Crippen MR) is 86.6 cm³/mol. The Morgan fingerprint density at radius 2 is 1.90 bits per heavy atom. The van der Waals surface area contributed by atoms with E-state index in [2.05, 4.69) is 10.6 Å². The van der Waals surface area contributed by atoms with Gasteiger partial charge in [-0.25, -0.2) is 0 Å². The third kappa shape index (κ3) is 4.28. The zero-order valence-corrected chi connectivity index (χ0v) is 12.8. The van der Waals surface area contributed by atoms with E-state index in [1.54, 1.807) is 30.3 Å². The topological polar surface area (TPSA) is 50.4 Å². The van der Waals surface area contributed by atoms with Crippen molar-refractivity contribution in [1.29, 1.82) is 0 Å². The standard InChI is InChI=1S/C15H14Cl2N2O2/c1-21-14-7-6-10(8-12(14)17)19-15(20)9-18-13-5-3-2-4-11(13)16/h2-8,18H,9H2,1H3,(H,19,20). The maximum absolute atomic E-state index is 11.9. The first-order valence-corrected chi connectivity index (χ1v) is 6.97. The Kier molecular flexibility index (Phi) is 5.31. The van der Waals surface area contributed by atoms with Crippen LogP contribution in [0, 0.1) is 0 Å². The molecule has 2 rings (SSSR count). The third-order valence-electron chi connectivity index (χ3n) is 2.75. The second-order valence-corrected chi connectivity index (χ2v) is 5.05. The maximum atomic E-state index is 11.9. The molecule has 0 aliphatic carbocycles. The molecule has 0 atom stereocenters. The number of amides is 1. The van der Waals surface area contributed by atoms with Crippen LogP contribution in [0.2, 0.25) is 10.0 Å². The molecule has 1 amide bonds. The Balaban J connectivity index is 1.93. The first kappa shape index (κ1) is 15.5. The second kappa shape index (κ2) is 7.20. The van der Waals surface area contributed by atoms with Crippen LogP contribution in [0.5, 0.6) is 5.75 Å². The van der Waals surface area contributed by atoms with Crippen LogP contribution in [0.3, 0.4) is 0 Å². The summed E-state index contributed by atoms with van der Waals surface area (Å²) in [6.07, 6.45) is 0. The molecule has 0 saturated carbocycles. The summed E-state index contributed by atoms with van der Waals surface area (Å²) in [4.78, 5) is 11.9. The van der Waals surface area contributed by atoms with Crippen molar-refractivity contribution in [1.82, 2.24) is 0 Å². The van der Waals surface area contributed by atoms with Crippen LogP contribution in [0.4, 0.5) is 11.4 Å². The summed E-state index contributed by atoms with van der Waals surface area (Å²) >= 11 is 12.0. The van der Waals surface area contributed by atoms with Crippen LogP contribution >= 0.6 is 23.2 Å². The van der Waals surface area contributed by atoms with E-state index < -0.39 is 0 Å². The number of para-hydroxylation sites is 1. The zero-order valence-electron chi connectivity index (χ0n) is 11.3. The first-order chi connectivity index (χ1) is 10.1. The molecule has 4 nitrogen and oxygen atoms in total. The van der Waals surface area contributed by atoms with E-state index in [4.69, 9.17) is 27.9 Å². The molecule has 0 aliphatic heterocycles. The Morgan fingerprint density at radius 1 is 1.14 bits per heavy atom. The van der Waals surface area contributed by atoms with Gasteiger partial charge in [0.1, 0.15) is 5.75 Å². The normalized spacial score (nSPS) is 10.0. The van der Waals surface area contributed by atoms with E-state index in [1.165, 1.54) is 7.11 Å². The SMILES string of the molecule is COc1ccc(NC(=O)CNc2ccccc2Cl)cc1Cl. The summed E-state index contributed by atoms with van der Waals surface area (Å²) in [6.45, 7) is 0.105. The van der Waals surface area contributed by atoms with Crippen LogP contribution in [0.15, 0.2) is 42.5 Å². The number of carbonyl (C=O) groups is 1. The van der Waals surface area contributed by atoms with E-state index in [9.17, 15) is 4.79 Å². The van der Waals surface area contributed by atoms with Gasteiger partial charge in [0.05, 0.1) is 29.4 Å². The molecule has 0 aliphatic rings. The summed E-state index contributed by atoms with van der Waals surface area (Å²) in [5.74, 6) is 0.361. The van der Waals surface area contributed by atoms with Crippen molar-refractivity contribution in [3.05, 3.63) is 52.5 Å². The van der Waals surface area contributed by atoms with Crippen molar-refractivity contribution in [3.8, 4) is 5.75 Å². The smallest absolute Gasteiger partial charge is 0.243 e. The predicted octanol–water partition coefficient (Wildman–Crippen LogP) is 4.05. The molecule has 0 spiro atoms. The van der Waals surface area contributed by atoms with Gasteiger partial charge in [-0.1, -0.05) is 35.3 Å². The lowest BCUT2D eigenvalue weighted by atomic mass is 10.3. The van der Waals surface area contributed by atoms with Crippen LogP contribution in [-0.4, -0.2) is 19.6 Å². The summed E-state index contributed by atoms with van der Waals surface area (Å²) < 4.78 is 5.05. The van der Waals surface area contributed by atoms with E-state index in [1.807, 2.05) is 12.1 Å². The average molecular weight is 325 g/mol. The minimum absolute atomic E-state index is 0.105. The molecule has 21 heavy (non-hydrogen) atoms. The van der Waals surface area contributed by atoms with Crippen LogP contribution in [0.25, 0.3) is 0 Å². The molecule has 2 aromatic carbocycles. The highest BCUT2D eigenvalue weighted by Gasteiger charge is 2.06. The molecule has 2 N–H and O–H groups in total. The van der Waals surface area contributed by atoms with Crippen molar-refractivity contribution >= 4 is 40.5 Å². The van der Waals surface area contributed by atoms with Gasteiger partial charge in [-0.15, -0.1) is 0 Å².